The number of hydrogen-bond acceptors (Lipinski definition) is 7. The largest absolute Gasteiger partial charge is 0.490 e. The van der Waals surface area contributed by atoms with E-state index in [1.54, 1.807) is 55.5 Å². The van der Waals surface area contributed by atoms with E-state index in [-0.39, 0.29) is 12.2 Å². The molecule has 7 nitrogen and oxygen atoms in total. The average Bonchev–Trinajstić information content (AvgIpc) is 3.26. The van der Waals surface area contributed by atoms with Crippen LogP contribution in [0.1, 0.15) is 36.6 Å². The summed E-state index contributed by atoms with van der Waals surface area (Å²) in [5.74, 6) is 0.497. The molecule has 2 heterocycles. The molecule has 4 aromatic rings. The molecule has 1 aliphatic rings. The maximum atomic E-state index is 13.8. The molecule has 42 heavy (non-hydrogen) atoms. The Hall–Kier alpha value is -3.56. The van der Waals surface area contributed by atoms with Gasteiger partial charge in [-0.3, -0.25) is 9.36 Å². The van der Waals surface area contributed by atoms with Crippen molar-refractivity contribution in [2.24, 2.45) is 4.99 Å². The summed E-state index contributed by atoms with van der Waals surface area (Å²) < 4.78 is 18.9. The summed E-state index contributed by atoms with van der Waals surface area (Å²) in [6, 6.07) is 16.9. The van der Waals surface area contributed by atoms with Crippen molar-refractivity contribution in [3.05, 3.63) is 123 Å². The number of carbonyl (C=O) groups is 1. The van der Waals surface area contributed by atoms with Gasteiger partial charge in [0.2, 0.25) is 0 Å². The smallest absolute Gasteiger partial charge is 0.338 e. The first kappa shape index (κ1) is 29.9. The van der Waals surface area contributed by atoms with Crippen molar-refractivity contribution >= 4 is 58.2 Å². The molecule has 0 fully saturated rings. The molecule has 0 aliphatic carbocycles. The van der Waals surface area contributed by atoms with Crippen LogP contribution in [0, 0.1) is 0 Å². The summed E-state index contributed by atoms with van der Waals surface area (Å²) in [4.78, 5) is 31.7. The lowest BCUT2D eigenvalue weighted by atomic mass is 9.96. The Labute approximate surface area is 260 Å². The van der Waals surface area contributed by atoms with E-state index in [0.717, 1.165) is 11.1 Å². The van der Waals surface area contributed by atoms with Gasteiger partial charge in [-0.2, -0.15) is 0 Å². The molecule has 216 valence electrons. The van der Waals surface area contributed by atoms with E-state index < -0.39 is 12.0 Å². The molecule has 0 spiro atoms. The molecule has 0 amide bonds. The molecular formula is C31H25Cl3N2O5S. The second-order valence-electron chi connectivity index (χ2n) is 9.29. The van der Waals surface area contributed by atoms with Gasteiger partial charge in [-0.05, 0) is 67.4 Å². The number of allylic oxidation sites excluding steroid dienone is 1. The van der Waals surface area contributed by atoms with Crippen molar-refractivity contribution in [3.8, 4) is 11.5 Å². The first-order valence-corrected chi connectivity index (χ1v) is 14.8. The van der Waals surface area contributed by atoms with Gasteiger partial charge in [0.15, 0.2) is 16.3 Å². The molecule has 0 unspecified atom stereocenters. The number of aromatic nitrogens is 1. The van der Waals surface area contributed by atoms with Gasteiger partial charge in [-0.25, -0.2) is 9.79 Å². The van der Waals surface area contributed by atoms with Crippen LogP contribution in [0.5, 0.6) is 11.5 Å². The van der Waals surface area contributed by atoms with E-state index in [2.05, 4.69) is 4.99 Å². The molecule has 0 bridgehead atoms. The van der Waals surface area contributed by atoms with E-state index in [1.165, 1.54) is 23.0 Å². The third-order valence-corrected chi connectivity index (χ3v) is 8.40. The van der Waals surface area contributed by atoms with Crippen LogP contribution in [0.15, 0.2) is 81.7 Å². The molecule has 0 saturated carbocycles. The van der Waals surface area contributed by atoms with Crippen LogP contribution in [-0.4, -0.2) is 24.3 Å². The molecule has 0 N–H and O–H groups in total. The third kappa shape index (κ3) is 6.13. The Morgan fingerprint density at radius 3 is 2.43 bits per heavy atom. The summed E-state index contributed by atoms with van der Waals surface area (Å²) in [5.41, 5.74) is 2.71. The van der Waals surface area contributed by atoms with Crippen LogP contribution in [0.2, 0.25) is 15.1 Å². The molecule has 0 saturated heterocycles. The number of methoxy groups -OCH3 is 1. The molecular weight excluding hydrogens is 619 g/mol. The van der Waals surface area contributed by atoms with Gasteiger partial charge in [0, 0.05) is 20.6 Å². The van der Waals surface area contributed by atoms with E-state index in [9.17, 15) is 9.59 Å². The topological polar surface area (TPSA) is 79.1 Å². The number of nitrogens with zero attached hydrogens (tertiary/aromatic N) is 2. The fraction of sp³-hybridized carbons (Fsp3) is 0.194. The van der Waals surface area contributed by atoms with Crippen molar-refractivity contribution in [1.29, 1.82) is 0 Å². The molecule has 1 aliphatic heterocycles. The summed E-state index contributed by atoms with van der Waals surface area (Å²) in [6.07, 6.45) is 1.77. The maximum absolute atomic E-state index is 13.8. The minimum atomic E-state index is -0.720. The van der Waals surface area contributed by atoms with Crippen LogP contribution in [0.3, 0.4) is 0 Å². The number of esters is 1. The fourth-order valence-corrected chi connectivity index (χ4v) is 6.24. The Morgan fingerprint density at radius 2 is 1.74 bits per heavy atom. The van der Waals surface area contributed by atoms with Gasteiger partial charge in [-0.1, -0.05) is 70.4 Å². The van der Waals surface area contributed by atoms with Crippen LogP contribution < -0.4 is 24.4 Å². The van der Waals surface area contributed by atoms with Gasteiger partial charge in [0.25, 0.3) is 5.56 Å². The van der Waals surface area contributed by atoms with Gasteiger partial charge in [0.1, 0.15) is 6.61 Å². The Morgan fingerprint density at radius 1 is 1.00 bits per heavy atom. The van der Waals surface area contributed by atoms with Crippen molar-refractivity contribution in [2.75, 3.05) is 13.7 Å². The van der Waals surface area contributed by atoms with Crippen LogP contribution in [0.25, 0.3) is 6.08 Å². The lowest BCUT2D eigenvalue weighted by Gasteiger charge is -2.24. The number of benzene rings is 3. The van der Waals surface area contributed by atoms with Crippen molar-refractivity contribution < 1.29 is 19.0 Å². The zero-order valence-electron chi connectivity index (χ0n) is 22.8. The van der Waals surface area contributed by atoms with Gasteiger partial charge < -0.3 is 14.2 Å². The molecule has 0 radical (unpaired) electrons. The van der Waals surface area contributed by atoms with Crippen molar-refractivity contribution in [2.45, 2.75) is 26.5 Å². The van der Waals surface area contributed by atoms with Gasteiger partial charge in [0.05, 0.1) is 35.6 Å². The second kappa shape index (κ2) is 12.8. The number of thiazole rings is 1. The normalized spacial score (nSPS) is 14.8. The van der Waals surface area contributed by atoms with Crippen molar-refractivity contribution in [1.82, 2.24) is 4.57 Å². The van der Waals surface area contributed by atoms with E-state index in [1.807, 2.05) is 25.1 Å². The van der Waals surface area contributed by atoms with Gasteiger partial charge in [-0.15, -0.1) is 0 Å². The third-order valence-electron chi connectivity index (χ3n) is 6.58. The number of ether oxygens (including phenoxy) is 3. The van der Waals surface area contributed by atoms with E-state index in [0.29, 0.717) is 59.3 Å². The summed E-state index contributed by atoms with van der Waals surface area (Å²) >= 11 is 19.7. The van der Waals surface area contributed by atoms with Crippen LogP contribution >= 0.6 is 46.1 Å². The Kier molecular flexibility index (Phi) is 9.08. The summed E-state index contributed by atoms with van der Waals surface area (Å²) in [6.45, 7) is 4.25. The Bertz CT molecular complexity index is 1880. The highest BCUT2D eigenvalue weighted by Crippen LogP contribution is 2.32. The highest BCUT2D eigenvalue weighted by molar-refractivity contribution is 7.07. The minimum Gasteiger partial charge on any atom is -0.490 e. The number of hydrogen-bond donors (Lipinski definition) is 0. The second-order valence-corrected chi connectivity index (χ2v) is 11.6. The number of carbonyl (C=O) groups excluding carboxylic acids is 1. The molecule has 5 rings (SSSR count). The van der Waals surface area contributed by atoms with Crippen LogP contribution in [0.4, 0.5) is 0 Å². The average molecular weight is 644 g/mol. The minimum absolute atomic E-state index is 0.223. The molecule has 11 heteroatoms. The molecule has 1 aromatic heterocycles. The quantitative estimate of drug-likeness (QED) is 0.209. The zero-order chi connectivity index (χ0) is 30.0. The monoisotopic (exact) mass is 642 g/mol. The SMILES string of the molecule is CCOc1cc(/C=c2\sc3n(c2=O)[C@@H](c2ccc(Cl)cc2)C(C(=O)OC)=C(C)N=3)ccc1OCc1ccc(Cl)cc1Cl. The Balaban J connectivity index is 1.54. The predicted molar refractivity (Wildman–Crippen MR) is 166 cm³/mol. The fourth-order valence-electron chi connectivity index (χ4n) is 4.60. The summed E-state index contributed by atoms with van der Waals surface area (Å²) in [7, 11) is 1.31. The highest BCUT2D eigenvalue weighted by atomic mass is 35.5. The highest BCUT2D eigenvalue weighted by Gasteiger charge is 2.33. The van der Waals surface area contributed by atoms with Gasteiger partial charge >= 0.3 is 5.97 Å². The molecule has 1 atom stereocenters. The standard InChI is InChI=1S/C31H25Cl3N2O5S/c1-4-40-25-13-18(5-12-24(25)41-16-20-8-11-22(33)15-23(20)34)14-26-29(37)36-28(19-6-9-21(32)10-7-19)27(30(38)39-3)17(2)35-31(36)42-26/h5-15,28H,4,16H2,1-3H3/b26-14-/t28-/m0/s1. The number of rotatable bonds is 8. The zero-order valence-corrected chi connectivity index (χ0v) is 25.9. The maximum Gasteiger partial charge on any atom is 0.338 e. The lowest BCUT2D eigenvalue weighted by molar-refractivity contribution is -0.136. The van der Waals surface area contributed by atoms with E-state index in [4.69, 9.17) is 49.0 Å². The molecule has 3 aromatic carbocycles. The van der Waals surface area contributed by atoms with Crippen LogP contribution in [-0.2, 0) is 16.1 Å². The summed E-state index contributed by atoms with van der Waals surface area (Å²) in [5, 5.41) is 1.60. The first-order valence-electron chi connectivity index (χ1n) is 12.9. The predicted octanol–water partition coefficient (Wildman–Crippen LogP) is 6.35. The number of halogens is 3. The first-order chi connectivity index (χ1) is 20.2. The van der Waals surface area contributed by atoms with Crippen molar-refractivity contribution in [3.63, 3.8) is 0 Å². The lowest BCUT2D eigenvalue weighted by Crippen LogP contribution is -2.39. The van der Waals surface area contributed by atoms with E-state index >= 15 is 0 Å². The number of fused-ring (bicyclic) bond motifs is 1.